The van der Waals surface area contributed by atoms with Gasteiger partial charge in [-0.15, -0.1) is 0 Å². The van der Waals surface area contributed by atoms with E-state index in [1.807, 2.05) is 36.4 Å². The Morgan fingerprint density at radius 1 is 0.797 bits per heavy atom. The van der Waals surface area contributed by atoms with Gasteiger partial charge in [-0.05, 0) is 96.6 Å². The average molecular weight is 839 g/mol. The molecule has 0 spiro atoms. The van der Waals surface area contributed by atoms with Crippen molar-refractivity contribution in [1.82, 2.24) is 9.99 Å². The molecule has 0 radical (unpaired) electrons. The van der Waals surface area contributed by atoms with Crippen LogP contribution in [0.15, 0.2) is 127 Å². The molecule has 6 atom stereocenters. The summed E-state index contributed by atoms with van der Waals surface area (Å²) in [5, 5.41) is 14.7. The number of alkyl halides is 3. The Bertz CT molecular complexity index is 2570. The number of aromatic nitrogens is 1. The number of fused-ring (bicyclic) bond motifs is 4. The van der Waals surface area contributed by atoms with Crippen LogP contribution in [0.1, 0.15) is 35.4 Å². The molecule has 9 rings (SSSR count). The van der Waals surface area contributed by atoms with Crippen molar-refractivity contribution in [2.45, 2.75) is 30.4 Å². The minimum absolute atomic E-state index is 0.0470. The van der Waals surface area contributed by atoms with Gasteiger partial charge in [0.05, 0.1) is 39.4 Å². The summed E-state index contributed by atoms with van der Waals surface area (Å²) in [7, 11) is 0. The van der Waals surface area contributed by atoms with Gasteiger partial charge in [-0.2, -0.15) is 18.2 Å². The number of rotatable bonds is 7. The largest absolute Gasteiger partial charge is 0.508 e. The van der Waals surface area contributed by atoms with Crippen LogP contribution in [0.25, 0.3) is 0 Å². The first-order chi connectivity index (χ1) is 28.3. The molecule has 15 heteroatoms. The summed E-state index contributed by atoms with van der Waals surface area (Å²) in [6.07, 6.45) is -2.22. The fourth-order valence-electron chi connectivity index (χ4n) is 9.50. The van der Waals surface area contributed by atoms with Gasteiger partial charge in [0, 0.05) is 28.5 Å². The highest BCUT2D eigenvalue weighted by atomic mass is 35.5. The van der Waals surface area contributed by atoms with Crippen molar-refractivity contribution in [2.75, 3.05) is 15.6 Å². The zero-order valence-electron chi connectivity index (χ0n) is 30.7. The van der Waals surface area contributed by atoms with Crippen LogP contribution in [0.5, 0.6) is 5.75 Å². The van der Waals surface area contributed by atoms with E-state index in [0.717, 1.165) is 16.4 Å². The number of nitrogens with one attached hydrogen (secondary N) is 2. The number of benzene rings is 4. The Morgan fingerprint density at radius 2 is 1.51 bits per heavy atom. The zero-order valence-corrected chi connectivity index (χ0v) is 32.2. The topological polar surface area (TPSA) is 132 Å². The van der Waals surface area contributed by atoms with Gasteiger partial charge in [-0.25, -0.2) is 4.98 Å². The molecule has 3 heterocycles. The number of para-hydroxylation sites is 1. The molecule has 3 fully saturated rings. The highest BCUT2D eigenvalue weighted by Crippen LogP contribution is 2.64. The number of phenolic OH excluding ortho intramolecular Hbond substituents is 1. The lowest BCUT2D eigenvalue weighted by Gasteiger charge is -2.50. The maximum Gasteiger partial charge on any atom is 0.417 e. The number of anilines is 4. The van der Waals surface area contributed by atoms with Crippen LogP contribution in [-0.2, 0) is 30.8 Å². The van der Waals surface area contributed by atoms with Gasteiger partial charge in [-0.1, -0.05) is 77.3 Å². The molecule has 4 aliphatic rings. The van der Waals surface area contributed by atoms with E-state index in [1.54, 1.807) is 60.7 Å². The Kier molecular flexibility index (Phi) is 9.28. The molecule has 4 aromatic carbocycles. The molecular formula is C44H32Cl2F3N5O5. The Hall–Kier alpha value is -6.18. The van der Waals surface area contributed by atoms with Gasteiger partial charge >= 0.3 is 6.18 Å². The summed E-state index contributed by atoms with van der Waals surface area (Å²) in [5.74, 6) is -7.35. The molecule has 6 unspecified atom stereocenters. The SMILES string of the molecule is O=C1C2CC3C(=CCC4C(=O)N(c5ccc(Nc6ccccc6)cc5)C(=O)C43)C(c3cccc(O)c3)C2(c2ccc(Cl)cc2)C(=O)N1Nc1ncc(C(F)(F)F)cc1Cl. The van der Waals surface area contributed by atoms with Gasteiger partial charge in [0.15, 0.2) is 5.82 Å². The quantitative estimate of drug-likeness (QED) is 0.109. The first-order valence-corrected chi connectivity index (χ1v) is 19.5. The average Bonchev–Trinajstić information content (AvgIpc) is 3.59. The van der Waals surface area contributed by atoms with Gasteiger partial charge in [0.25, 0.3) is 11.8 Å². The lowest BCUT2D eigenvalue weighted by molar-refractivity contribution is -0.139. The van der Waals surface area contributed by atoms with Crippen LogP contribution in [0.4, 0.5) is 36.1 Å². The van der Waals surface area contributed by atoms with Crippen molar-refractivity contribution >= 4 is 69.7 Å². The highest BCUT2D eigenvalue weighted by Gasteiger charge is 2.70. The normalized spacial score (nSPS) is 25.0. The highest BCUT2D eigenvalue weighted by molar-refractivity contribution is 6.33. The van der Waals surface area contributed by atoms with E-state index >= 15 is 4.79 Å². The van der Waals surface area contributed by atoms with Crippen molar-refractivity contribution in [3.05, 3.63) is 154 Å². The molecule has 10 nitrogen and oxygen atoms in total. The van der Waals surface area contributed by atoms with Crippen LogP contribution in [0, 0.1) is 23.7 Å². The molecule has 2 aliphatic carbocycles. The van der Waals surface area contributed by atoms with Crippen LogP contribution in [0.2, 0.25) is 10.0 Å². The summed E-state index contributed by atoms with van der Waals surface area (Å²) in [4.78, 5) is 64.1. The molecule has 2 aliphatic heterocycles. The van der Waals surface area contributed by atoms with Crippen LogP contribution in [-0.4, -0.2) is 38.7 Å². The number of hydrazine groups is 1. The third-order valence-corrected chi connectivity index (χ3v) is 12.5. The lowest BCUT2D eigenvalue weighted by Crippen LogP contribution is -2.53. The summed E-state index contributed by atoms with van der Waals surface area (Å²) in [5.41, 5.74) is 3.25. The van der Waals surface area contributed by atoms with Gasteiger partial charge in [0.2, 0.25) is 11.8 Å². The second-order valence-corrected chi connectivity index (χ2v) is 15.9. The second-order valence-electron chi connectivity index (χ2n) is 15.1. The van der Waals surface area contributed by atoms with E-state index in [4.69, 9.17) is 23.2 Å². The number of halogens is 5. The molecule has 1 aromatic heterocycles. The van der Waals surface area contributed by atoms with E-state index in [0.29, 0.717) is 39.7 Å². The molecule has 1 saturated carbocycles. The van der Waals surface area contributed by atoms with E-state index < -0.39 is 69.5 Å². The number of allylic oxidation sites excluding steroid dienone is 2. The number of imide groups is 2. The summed E-state index contributed by atoms with van der Waals surface area (Å²) in [6.45, 7) is 0. The second kappa shape index (κ2) is 14.3. The Labute approximate surface area is 345 Å². The summed E-state index contributed by atoms with van der Waals surface area (Å²) < 4.78 is 40.5. The van der Waals surface area contributed by atoms with Crippen LogP contribution < -0.4 is 15.6 Å². The lowest BCUT2D eigenvalue weighted by atomic mass is 9.49. The van der Waals surface area contributed by atoms with Gasteiger partial charge < -0.3 is 10.4 Å². The zero-order chi connectivity index (χ0) is 41.4. The van der Waals surface area contributed by atoms with Crippen molar-refractivity contribution in [1.29, 1.82) is 0 Å². The van der Waals surface area contributed by atoms with Crippen LogP contribution >= 0.6 is 23.2 Å². The number of hydrogen-bond donors (Lipinski definition) is 3. The van der Waals surface area contributed by atoms with Crippen molar-refractivity contribution in [2.24, 2.45) is 23.7 Å². The van der Waals surface area contributed by atoms with Gasteiger partial charge in [0.1, 0.15) is 5.75 Å². The number of carbonyl (C=O) groups excluding carboxylic acids is 4. The van der Waals surface area contributed by atoms with E-state index in [-0.39, 0.29) is 30.3 Å². The predicted octanol–water partition coefficient (Wildman–Crippen LogP) is 9.05. The Morgan fingerprint density at radius 3 is 2.19 bits per heavy atom. The van der Waals surface area contributed by atoms with E-state index in [2.05, 4.69) is 15.7 Å². The summed E-state index contributed by atoms with van der Waals surface area (Å²) >= 11 is 12.6. The number of hydrogen-bond acceptors (Lipinski definition) is 8. The number of amides is 4. The molecule has 0 bridgehead atoms. The molecule has 5 aromatic rings. The fraction of sp³-hybridized carbons (Fsp3) is 0.205. The maximum absolute atomic E-state index is 15.3. The number of carbonyl (C=O) groups is 4. The number of aromatic hydroxyl groups is 1. The predicted molar refractivity (Wildman–Crippen MR) is 214 cm³/mol. The van der Waals surface area contributed by atoms with Crippen molar-refractivity contribution in [3.63, 3.8) is 0 Å². The van der Waals surface area contributed by atoms with Crippen molar-refractivity contribution in [3.8, 4) is 5.75 Å². The number of nitrogens with zero attached hydrogens (tertiary/aromatic N) is 3. The molecule has 3 N–H and O–H groups in total. The number of pyridine rings is 1. The monoisotopic (exact) mass is 837 g/mol. The fourth-order valence-corrected chi connectivity index (χ4v) is 9.83. The third kappa shape index (κ3) is 6.22. The standard InChI is InChI=1S/C44H32Cl2F3N5O5/c45-26-11-9-24(10-12-26)43-34(40(57)54(42(43)59)52-38-35(46)20-25(22-50-38)44(47,48)49)21-33-31(37(43)23-5-4-8-30(55)19-23)17-18-32-36(33)41(58)53(39(32)56)29-15-13-28(14-16-29)51-27-6-2-1-3-7-27/h1-17,19-20,22,32-34,36-37,51,55H,18,21H2,(H,50,52). The maximum atomic E-state index is 15.3. The van der Waals surface area contributed by atoms with Crippen LogP contribution in [0.3, 0.4) is 0 Å². The van der Waals surface area contributed by atoms with Gasteiger partial charge in [-0.3, -0.25) is 29.5 Å². The number of phenols is 1. The summed E-state index contributed by atoms with van der Waals surface area (Å²) in [6, 6.07) is 29.8. The molecule has 298 valence electrons. The molecule has 59 heavy (non-hydrogen) atoms. The first-order valence-electron chi connectivity index (χ1n) is 18.7. The minimum Gasteiger partial charge on any atom is -0.508 e. The smallest absolute Gasteiger partial charge is 0.417 e. The van der Waals surface area contributed by atoms with Crippen molar-refractivity contribution < 1.29 is 37.5 Å². The Balaban J connectivity index is 1.14. The van der Waals surface area contributed by atoms with E-state index in [9.17, 15) is 32.7 Å². The third-order valence-electron chi connectivity index (χ3n) is 11.9. The molecular weight excluding hydrogens is 806 g/mol. The molecule has 2 saturated heterocycles. The minimum atomic E-state index is -4.75. The van der Waals surface area contributed by atoms with E-state index in [1.165, 1.54) is 17.0 Å². The molecule has 4 amide bonds. The first kappa shape index (κ1) is 38.3.